The molecule has 4 aromatic rings. The molecule has 212 valence electrons. The van der Waals surface area contributed by atoms with Gasteiger partial charge in [-0.25, -0.2) is 0 Å². The molecule has 1 heterocycles. The molecule has 0 saturated carbocycles. The topological polar surface area (TPSA) is 153 Å². The van der Waals surface area contributed by atoms with Crippen molar-refractivity contribution in [2.24, 2.45) is 0 Å². The predicted molar refractivity (Wildman–Crippen MR) is 157 cm³/mol. The Kier molecular flexibility index (Phi) is 7.79. The lowest BCUT2D eigenvalue weighted by Gasteiger charge is -2.14. The molecule has 0 unspecified atom stereocenters. The maximum Gasteiger partial charge on any atom is 0.339 e. The van der Waals surface area contributed by atoms with Gasteiger partial charge in [0.15, 0.2) is 5.75 Å². The fourth-order valence-electron chi connectivity index (χ4n) is 4.33. The van der Waals surface area contributed by atoms with Crippen LogP contribution in [0.4, 0.5) is 16.2 Å². The number of hydrogen-bond donors (Lipinski definition) is 1. The van der Waals surface area contributed by atoms with Crippen molar-refractivity contribution in [1.29, 1.82) is 0 Å². The molecule has 3 amide bonds. The Hall–Kier alpha value is -5.01. The van der Waals surface area contributed by atoms with Gasteiger partial charge in [-0.1, -0.05) is 48.5 Å². The summed E-state index contributed by atoms with van der Waals surface area (Å²) >= 11 is 0.637. The Morgan fingerprint density at radius 1 is 1.00 bits per heavy atom. The summed E-state index contributed by atoms with van der Waals surface area (Å²) in [5.74, 6) is -1.07. The number of carbonyl (C=O) groups is 3. The van der Waals surface area contributed by atoms with Crippen LogP contribution in [0.3, 0.4) is 0 Å². The molecule has 0 bridgehead atoms. The van der Waals surface area contributed by atoms with Gasteiger partial charge in [0.05, 0.1) is 16.4 Å². The Balaban J connectivity index is 1.51. The largest absolute Gasteiger partial charge is 0.378 e. The first-order valence-corrected chi connectivity index (χ1v) is 14.6. The van der Waals surface area contributed by atoms with E-state index in [1.165, 1.54) is 61.5 Å². The van der Waals surface area contributed by atoms with Gasteiger partial charge in [-0.2, -0.15) is 8.42 Å². The zero-order valence-electron chi connectivity index (χ0n) is 21.8. The molecule has 0 spiro atoms. The van der Waals surface area contributed by atoms with E-state index < -0.39 is 26.2 Å². The summed E-state index contributed by atoms with van der Waals surface area (Å²) in [7, 11) is -4.35. The summed E-state index contributed by atoms with van der Waals surface area (Å²) in [6.45, 7) is 1.02. The first kappa shape index (κ1) is 28.5. The lowest BCUT2D eigenvalue weighted by atomic mass is 10.0. The molecule has 1 aliphatic heterocycles. The number of benzene rings is 4. The number of nitro groups is 1. The summed E-state index contributed by atoms with van der Waals surface area (Å²) in [6.07, 6.45) is 1.39. The SMILES string of the molecule is CC(=O)Nc1ccc(S(=O)(=O)Oc2ccc3ccccc3c2/C=C2\SC(=O)N(Cc3ccccc3[N+](=O)[O-])C2=O)cc1. The second-order valence-corrected chi connectivity index (χ2v) is 11.6. The van der Waals surface area contributed by atoms with Crippen LogP contribution < -0.4 is 9.50 Å². The summed E-state index contributed by atoms with van der Waals surface area (Å²) in [5, 5.41) is 14.6. The van der Waals surface area contributed by atoms with Crippen LogP contribution in [-0.4, -0.2) is 35.3 Å². The molecule has 5 rings (SSSR count). The molecule has 11 nitrogen and oxygen atoms in total. The van der Waals surface area contributed by atoms with Crippen LogP contribution in [0.25, 0.3) is 16.8 Å². The number of fused-ring (bicyclic) bond motifs is 1. The van der Waals surface area contributed by atoms with E-state index in [1.807, 2.05) is 0 Å². The highest BCUT2D eigenvalue weighted by molar-refractivity contribution is 8.18. The molecule has 1 aliphatic rings. The average molecular weight is 604 g/mol. The van der Waals surface area contributed by atoms with E-state index in [-0.39, 0.29) is 44.8 Å². The highest BCUT2D eigenvalue weighted by Gasteiger charge is 2.36. The number of amides is 3. The number of nitrogens with zero attached hydrogens (tertiary/aromatic N) is 2. The Bertz CT molecular complexity index is 1900. The van der Waals surface area contributed by atoms with E-state index in [2.05, 4.69) is 5.32 Å². The second-order valence-electron chi connectivity index (χ2n) is 9.10. The van der Waals surface area contributed by atoms with Crippen LogP contribution in [-0.2, 0) is 26.3 Å². The molecule has 0 radical (unpaired) electrons. The fourth-order valence-corrected chi connectivity index (χ4v) is 6.10. The number of thioether (sulfide) groups is 1. The van der Waals surface area contributed by atoms with Gasteiger partial charge in [0.1, 0.15) is 4.90 Å². The minimum absolute atomic E-state index is 0.00292. The molecule has 4 aromatic carbocycles. The fraction of sp³-hybridized carbons (Fsp3) is 0.0690. The Labute approximate surface area is 244 Å². The van der Waals surface area contributed by atoms with Gasteiger partial charge < -0.3 is 9.50 Å². The smallest absolute Gasteiger partial charge is 0.339 e. The molecule has 1 N–H and O–H groups in total. The lowest BCUT2D eigenvalue weighted by Crippen LogP contribution is -2.27. The van der Waals surface area contributed by atoms with Gasteiger partial charge in [-0.05, 0) is 58.9 Å². The van der Waals surface area contributed by atoms with Crippen LogP contribution in [0, 0.1) is 10.1 Å². The van der Waals surface area contributed by atoms with E-state index >= 15 is 0 Å². The van der Waals surface area contributed by atoms with Gasteiger partial charge in [-0.15, -0.1) is 0 Å². The van der Waals surface area contributed by atoms with Gasteiger partial charge in [0.2, 0.25) is 5.91 Å². The quantitative estimate of drug-likeness (QED) is 0.115. The molecule has 42 heavy (non-hydrogen) atoms. The molecule has 13 heteroatoms. The van der Waals surface area contributed by atoms with Crippen LogP contribution in [0.2, 0.25) is 0 Å². The number of nitro benzene ring substituents is 1. The highest BCUT2D eigenvalue weighted by atomic mass is 32.2. The maximum atomic E-state index is 13.3. The van der Waals surface area contributed by atoms with Gasteiger partial charge in [0, 0.05) is 29.8 Å². The van der Waals surface area contributed by atoms with Crippen LogP contribution >= 0.6 is 11.8 Å². The first-order chi connectivity index (χ1) is 20.0. The minimum Gasteiger partial charge on any atom is -0.378 e. The van der Waals surface area contributed by atoms with E-state index in [0.29, 0.717) is 22.8 Å². The number of hydrogen-bond acceptors (Lipinski definition) is 9. The molecule has 0 atom stereocenters. The van der Waals surface area contributed by atoms with Gasteiger partial charge in [-0.3, -0.25) is 29.4 Å². The van der Waals surface area contributed by atoms with Crippen molar-refractivity contribution in [1.82, 2.24) is 4.90 Å². The zero-order chi connectivity index (χ0) is 30.0. The van der Waals surface area contributed by atoms with Crippen molar-refractivity contribution in [2.45, 2.75) is 18.4 Å². The molecular formula is C29H21N3O8S2. The number of rotatable bonds is 8. The molecular weight excluding hydrogens is 582 g/mol. The van der Waals surface area contributed by atoms with Crippen molar-refractivity contribution in [2.75, 3.05) is 5.32 Å². The summed E-state index contributed by atoms with van der Waals surface area (Å²) in [5.41, 5.74) is 0.628. The second kappa shape index (κ2) is 11.5. The maximum absolute atomic E-state index is 13.3. The number of nitrogens with one attached hydrogen (secondary N) is 1. The Morgan fingerprint density at radius 3 is 2.40 bits per heavy atom. The molecule has 1 saturated heterocycles. The summed E-state index contributed by atoms with van der Waals surface area (Å²) in [6, 6.07) is 21.4. The molecule has 0 aliphatic carbocycles. The minimum atomic E-state index is -4.35. The molecule has 1 fully saturated rings. The average Bonchev–Trinajstić information content (AvgIpc) is 3.21. The third-order valence-electron chi connectivity index (χ3n) is 6.26. The standard InChI is InChI=1S/C29H21N3O8S2/c1-18(33)30-21-11-13-22(14-12-21)42(38,39)40-26-15-10-19-6-2-4-8-23(19)24(26)16-27-28(34)31(29(35)41-27)17-20-7-3-5-9-25(20)32(36)37/h2-16H,17H2,1H3,(H,30,33)/b27-16-. The van der Waals surface area contributed by atoms with E-state index in [1.54, 1.807) is 36.4 Å². The monoisotopic (exact) mass is 603 g/mol. The summed E-state index contributed by atoms with van der Waals surface area (Å²) in [4.78, 5) is 49.0. The van der Waals surface area contributed by atoms with Gasteiger partial charge in [0.25, 0.3) is 16.8 Å². The van der Waals surface area contributed by atoms with Gasteiger partial charge >= 0.3 is 10.1 Å². The molecule has 0 aromatic heterocycles. The number of carbonyl (C=O) groups excluding carboxylic acids is 3. The number of anilines is 1. The third kappa shape index (κ3) is 5.87. The van der Waals surface area contributed by atoms with Crippen molar-refractivity contribution in [3.8, 4) is 5.75 Å². The lowest BCUT2D eigenvalue weighted by molar-refractivity contribution is -0.385. The third-order valence-corrected chi connectivity index (χ3v) is 8.42. The number of imide groups is 1. The van der Waals surface area contributed by atoms with Crippen LogP contribution in [0.5, 0.6) is 5.75 Å². The van der Waals surface area contributed by atoms with Crippen molar-refractivity contribution in [3.63, 3.8) is 0 Å². The van der Waals surface area contributed by atoms with E-state index in [4.69, 9.17) is 4.18 Å². The van der Waals surface area contributed by atoms with Crippen molar-refractivity contribution < 1.29 is 31.9 Å². The predicted octanol–water partition coefficient (Wildman–Crippen LogP) is 5.71. The normalized spacial score (nSPS) is 14.4. The van der Waals surface area contributed by atoms with Crippen molar-refractivity contribution >= 4 is 67.2 Å². The Morgan fingerprint density at radius 2 is 1.69 bits per heavy atom. The highest BCUT2D eigenvalue weighted by Crippen LogP contribution is 2.38. The summed E-state index contributed by atoms with van der Waals surface area (Å²) < 4.78 is 31.9. The zero-order valence-corrected chi connectivity index (χ0v) is 23.5. The van der Waals surface area contributed by atoms with Crippen LogP contribution in [0.15, 0.2) is 94.7 Å². The van der Waals surface area contributed by atoms with Crippen molar-refractivity contribution in [3.05, 3.63) is 111 Å². The first-order valence-electron chi connectivity index (χ1n) is 12.3. The number of para-hydroxylation sites is 1. The van der Waals surface area contributed by atoms with Crippen LogP contribution in [0.1, 0.15) is 18.1 Å². The van der Waals surface area contributed by atoms with E-state index in [9.17, 15) is 32.9 Å². The van der Waals surface area contributed by atoms with E-state index in [0.717, 1.165) is 10.3 Å².